The van der Waals surface area contributed by atoms with E-state index < -0.39 is 0 Å². The molecule has 0 unspecified atom stereocenters. The Balaban J connectivity index is 0.966. The molecule has 0 saturated heterocycles. The summed E-state index contributed by atoms with van der Waals surface area (Å²) in [6, 6.07) is 78.8. The van der Waals surface area contributed by atoms with Crippen LogP contribution in [0.25, 0.3) is 72.1 Å². The maximum absolute atomic E-state index is 7.13. The van der Waals surface area contributed by atoms with Gasteiger partial charge in [0.15, 0.2) is 0 Å². The van der Waals surface area contributed by atoms with E-state index in [-0.39, 0.29) is 10.8 Å². The zero-order chi connectivity index (χ0) is 50.7. The minimum atomic E-state index is 0.0204. The third kappa shape index (κ3) is 8.48. The number of para-hydroxylation sites is 4. The van der Waals surface area contributed by atoms with Crippen LogP contribution >= 0.6 is 0 Å². The van der Waals surface area contributed by atoms with Gasteiger partial charge in [-0.05, 0) is 105 Å². The summed E-state index contributed by atoms with van der Waals surface area (Å²) in [6.45, 7) is 16.4. The lowest BCUT2D eigenvalue weighted by atomic mass is 9.86. The highest BCUT2D eigenvalue weighted by Crippen LogP contribution is 2.51. The summed E-state index contributed by atoms with van der Waals surface area (Å²) >= 11 is 0. The molecule has 5 nitrogen and oxygen atoms in total. The van der Waals surface area contributed by atoms with Crippen LogP contribution in [0, 0.1) is 6.92 Å². The van der Waals surface area contributed by atoms with Crippen LogP contribution in [0.15, 0.2) is 225 Å². The van der Waals surface area contributed by atoms with E-state index in [0.717, 1.165) is 84.0 Å². The second kappa shape index (κ2) is 18.4. The fourth-order valence-electron chi connectivity index (χ4n) is 10.9. The highest BCUT2D eigenvalue weighted by molar-refractivity contribution is 6.16. The van der Waals surface area contributed by atoms with E-state index in [1.807, 2.05) is 6.20 Å². The van der Waals surface area contributed by atoms with Crippen molar-refractivity contribution in [3.05, 3.63) is 241 Å². The molecular formula is C69H60N4O. The van der Waals surface area contributed by atoms with E-state index in [2.05, 4.69) is 281 Å². The van der Waals surface area contributed by atoms with E-state index in [1.165, 1.54) is 39.1 Å². The largest absolute Gasteiger partial charge is 0.457 e. The molecule has 3 heterocycles. The molecule has 0 fully saturated rings. The minimum absolute atomic E-state index is 0.0204. The molecule has 0 spiro atoms. The van der Waals surface area contributed by atoms with Crippen molar-refractivity contribution in [3.63, 3.8) is 0 Å². The molecule has 0 atom stereocenters. The monoisotopic (exact) mass is 960 g/mol. The van der Waals surface area contributed by atoms with Gasteiger partial charge >= 0.3 is 0 Å². The van der Waals surface area contributed by atoms with E-state index in [9.17, 15) is 0 Å². The molecule has 12 rings (SSSR count). The Hall–Kier alpha value is -8.67. The molecule has 0 saturated carbocycles. The predicted molar refractivity (Wildman–Crippen MR) is 311 cm³/mol. The second-order valence-electron chi connectivity index (χ2n) is 21.7. The van der Waals surface area contributed by atoms with Crippen LogP contribution in [0.3, 0.4) is 0 Å². The fourth-order valence-corrected chi connectivity index (χ4v) is 10.9. The van der Waals surface area contributed by atoms with Crippen molar-refractivity contribution in [1.82, 2.24) is 9.55 Å². The lowest BCUT2D eigenvalue weighted by Gasteiger charge is -2.27. The molecule has 9 aromatic carbocycles. The third-order valence-electron chi connectivity index (χ3n) is 14.8. The predicted octanol–water partition coefficient (Wildman–Crippen LogP) is 18.8. The van der Waals surface area contributed by atoms with Gasteiger partial charge in [0.25, 0.3) is 0 Å². The lowest BCUT2D eigenvalue weighted by Crippen LogP contribution is -2.24. The van der Waals surface area contributed by atoms with Crippen molar-refractivity contribution < 1.29 is 4.74 Å². The standard InChI is InChI=1S/C69H60N4O/c1-46-40-65(70-44-60(46)50-34-38-52(39-35-50)69(5,6)7)73-61-29-15-14-26-58(61)66-59(49-32-36-51(37-33-49)68(2,3)4)42-55(43-64(66)73)74-54-25-18-24-53(41-54)71-45-72(63-31-17-16-30-62(63)71)67-56(47-20-10-8-11-21-47)27-19-28-57(67)48-22-12-9-13-23-48/h8-44H,45H2,1-7H3. The molecule has 0 N–H and O–H groups in total. The Morgan fingerprint density at radius 2 is 0.973 bits per heavy atom. The number of fused-ring (bicyclic) bond motifs is 4. The first-order valence-electron chi connectivity index (χ1n) is 25.8. The molecule has 0 bridgehead atoms. The third-order valence-corrected chi connectivity index (χ3v) is 14.8. The van der Waals surface area contributed by atoms with Crippen molar-refractivity contribution in [2.24, 2.45) is 0 Å². The van der Waals surface area contributed by atoms with Gasteiger partial charge in [0.1, 0.15) is 24.0 Å². The highest BCUT2D eigenvalue weighted by Gasteiger charge is 2.32. The average Bonchev–Trinajstić information content (AvgIpc) is 3.97. The summed E-state index contributed by atoms with van der Waals surface area (Å²) in [4.78, 5) is 10.1. The Bertz CT molecular complexity index is 3800. The van der Waals surface area contributed by atoms with E-state index in [1.54, 1.807) is 0 Å². The Morgan fingerprint density at radius 3 is 1.58 bits per heavy atom. The van der Waals surface area contributed by atoms with Gasteiger partial charge in [-0.15, -0.1) is 0 Å². The number of benzene rings is 9. The summed E-state index contributed by atoms with van der Waals surface area (Å²) in [5.74, 6) is 2.35. The molecule has 5 heteroatoms. The van der Waals surface area contributed by atoms with E-state index >= 15 is 0 Å². The van der Waals surface area contributed by atoms with Crippen LogP contribution < -0.4 is 14.5 Å². The van der Waals surface area contributed by atoms with Crippen molar-refractivity contribution >= 4 is 44.6 Å². The summed E-state index contributed by atoms with van der Waals surface area (Å²) in [5, 5.41) is 2.32. The van der Waals surface area contributed by atoms with Crippen LogP contribution in [-0.2, 0) is 10.8 Å². The molecule has 11 aromatic rings. The number of aromatic nitrogens is 2. The topological polar surface area (TPSA) is 33.5 Å². The summed E-state index contributed by atoms with van der Waals surface area (Å²) in [5.41, 5.74) is 19.7. The van der Waals surface area contributed by atoms with Crippen LogP contribution in [0.2, 0.25) is 0 Å². The molecule has 0 aliphatic carbocycles. The maximum atomic E-state index is 7.13. The van der Waals surface area contributed by atoms with Crippen molar-refractivity contribution in [2.75, 3.05) is 16.5 Å². The molecular weight excluding hydrogens is 901 g/mol. The first kappa shape index (κ1) is 46.4. The second-order valence-corrected chi connectivity index (χ2v) is 21.7. The van der Waals surface area contributed by atoms with Gasteiger partial charge in [-0.25, -0.2) is 4.98 Å². The molecule has 2 aromatic heterocycles. The van der Waals surface area contributed by atoms with Gasteiger partial charge < -0.3 is 14.5 Å². The minimum Gasteiger partial charge on any atom is -0.457 e. The van der Waals surface area contributed by atoms with Crippen molar-refractivity contribution in [1.29, 1.82) is 0 Å². The number of aryl methyl sites for hydroxylation is 1. The number of pyridine rings is 1. The first-order valence-corrected chi connectivity index (χ1v) is 25.8. The van der Waals surface area contributed by atoms with Gasteiger partial charge in [-0.1, -0.05) is 205 Å². The molecule has 1 aliphatic heterocycles. The van der Waals surface area contributed by atoms with Gasteiger partial charge in [0.05, 0.1) is 28.1 Å². The van der Waals surface area contributed by atoms with Crippen LogP contribution in [0.4, 0.5) is 22.7 Å². The number of hydrogen-bond acceptors (Lipinski definition) is 4. The summed E-state index contributed by atoms with van der Waals surface area (Å²) in [7, 11) is 0. The number of anilines is 4. The zero-order valence-corrected chi connectivity index (χ0v) is 43.3. The van der Waals surface area contributed by atoms with Gasteiger partial charge in [-0.2, -0.15) is 0 Å². The van der Waals surface area contributed by atoms with E-state index in [4.69, 9.17) is 9.72 Å². The highest BCUT2D eigenvalue weighted by atomic mass is 16.5. The normalized spacial score (nSPS) is 12.7. The van der Waals surface area contributed by atoms with Crippen LogP contribution in [0.1, 0.15) is 58.2 Å². The Labute approximate surface area is 435 Å². The zero-order valence-electron chi connectivity index (χ0n) is 43.3. The fraction of sp³-hybridized carbons (Fsp3) is 0.145. The van der Waals surface area contributed by atoms with Gasteiger partial charge in [0.2, 0.25) is 0 Å². The summed E-state index contributed by atoms with van der Waals surface area (Å²) < 4.78 is 9.44. The molecule has 1 aliphatic rings. The lowest BCUT2D eigenvalue weighted by molar-refractivity contribution is 0.483. The van der Waals surface area contributed by atoms with Crippen molar-refractivity contribution in [3.8, 4) is 61.8 Å². The number of ether oxygens (including phenoxy) is 1. The van der Waals surface area contributed by atoms with Crippen LogP contribution in [-0.4, -0.2) is 16.2 Å². The average molecular weight is 961 g/mol. The smallest absolute Gasteiger partial charge is 0.137 e. The maximum Gasteiger partial charge on any atom is 0.137 e. The number of nitrogens with zero attached hydrogens (tertiary/aromatic N) is 4. The van der Waals surface area contributed by atoms with Gasteiger partial charge in [-0.3, -0.25) is 4.57 Å². The van der Waals surface area contributed by atoms with Crippen LogP contribution in [0.5, 0.6) is 11.5 Å². The summed E-state index contributed by atoms with van der Waals surface area (Å²) in [6.07, 6.45) is 2.04. The first-order chi connectivity index (χ1) is 35.9. The van der Waals surface area contributed by atoms with Gasteiger partial charge in [0, 0.05) is 51.5 Å². The SMILES string of the molecule is Cc1cc(-n2c3ccccc3c3c(-c4ccc(C(C)(C)C)cc4)cc(Oc4cccc(N5CN(c6c(-c7ccccc7)cccc6-c6ccccc6)c6ccccc65)c4)cc32)ncc1-c1ccc(C(C)(C)C)cc1. The van der Waals surface area contributed by atoms with Crippen molar-refractivity contribution in [2.45, 2.75) is 59.3 Å². The molecule has 0 amide bonds. The molecule has 362 valence electrons. The number of hydrogen-bond donors (Lipinski definition) is 0. The Kier molecular flexibility index (Phi) is 11.6. The number of rotatable bonds is 9. The van der Waals surface area contributed by atoms with E-state index in [0.29, 0.717) is 6.67 Å². The molecule has 0 radical (unpaired) electrons. The Morgan fingerprint density at radius 1 is 0.432 bits per heavy atom. The molecule has 74 heavy (non-hydrogen) atoms. The quantitative estimate of drug-likeness (QED) is 0.144.